The van der Waals surface area contributed by atoms with E-state index in [2.05, 4.69) is 15.2 Å². The number of hydrogen-bond acceptors (Lipinski definition) is 4. The summed E-state index contributed by atoms with van der Waals surface area (Å²) in [5.74, 6) is -1.28. The Hall–Kier alpha value is -2.74. The lowest BCUT2D eigenvalue weighted by Gasteiger charge is -2.32. The van der Waals surface area contributed by atoms with Crippen LogP contribution < -0.4 is 0 Å². The van der Waals surface area contributed by atoms with E-state index in [-0.39, 0.29) is 31.6 Å². The summed E-state index contributed by atoms with van der Waals surface area (Å²) in [6, 6.07) is 7.88. The van der Waals surface area contributed by atoms with Crippen molar-refractivity contribution in [2.75, 3.05) is 19.6 Å². The molecule has 0 saturated carbocycles. The second-order valence-electron chi connectivity index (χ2n) is 7.53. The van der Waals surface area contributed by atoms with Gasteiger partial charge < -0.3 is 0 Å². The Bertz CT molecular complexity index is 993. The molecule has 1 saturated heterocycles. The number of benzene rings is 1. The Labute approximate surface area is 165 Å². The van der Waals surface area contributed by atoms with Crippen LogP contribution in [0, 0.1) is 5.92 Å². The normalized spacial score (nSPS) is 16.4. The van der Waals surface area contributed by atoms with Crippen LogP contribution in [0.4, 0.5) is 13.2 Å². The number of Topliss-reactive ketones (excluding diaryl/α,β-unsaturated/α-hetero) is 1. The van der Waals surface area contributed by atoms with Gasteiger partial charge in [0.25, 0.3) is 0 Å². The van der Waals surface area contributed by atoms with Gasteiger partial charge in [0, 0.05) is 29.0 Å². The van der Waals surface area contributed by atoms with Gasteiger partial charge in [-0.3, -0.25) is 19.8 Å². The van der Waals surface area contributed by atoms with Crippen molar-refractivity contribution in [2.24, 2.45) is 5.92 Å². The van der Waals surface area contributed by atoms with Crippen molar-refractivity contribution in [1.82, 2.24) is 20.1 Å². The Morgan fingerprint density at radius 1 is 1.10 bits per heavy atom. The summed E-state index contributed by atoms with van der Waals surface area (Å²) in [4.78, 5) is 18.6. The van der Waals surface area contributed by atoms with Gasteiger partial charge in [-0.15, -0.1) is 0 Å². The van der Waals surface area contributed by atoms with Crippen LogP contribution in [0.25, 0.3) is 21.9 Å². The first-order valence-corrected chi connectivity index (χ1v) is 9.57. The van der Waals surface area contributed by atoms with Crippen molar-refractivity contribution < 1.29 is 18.0 Å². The van der Waals surface area contributed by atoms with Crippen LogP contribution >= 0.6 is 0 Å². The summed E-state index contributed by atoms with van der Waals surface area (Å²) >= 11 is 0. The quantitative estimate of drug-likeness (QED) is 0.701. The number of likely N-dealkylation sites (tertiary alicyclic amines) is 1. The number of ketones is 1. The maximum atomic E-state index is 12.8. The monoisotopic (exact) mass is 402 g/mol. The molecule has 8 heteroatoms. The highest BCUT2D eigenvalue weighted by molar-refractivity contribution is 5.88. The zero-order valence-corrected chi connectivity index (χ0v) is 15.7. The zero-order valence-electron chi connectivity index (χ0n) is 15.7. The van der Waals surface area contributed by atoms with Crippen LogP contribution in [0.15, 0.2) is 42.9 Å². The molecule has 0 atom stereocenters. The van der Waals surface area contributed by atoms with Crippen LogP contribution in [0.3, 0.4) is 0 Å². The van der Waals surface area contributed by atoms with Gasteiger partial charge >= 0.3 is 6.18 Å². The highest BCUT2D eigenvalue weighted by Gasteiger charge is 2.41. The number of aromatic amines is 1. The molecule has 29 heavy (non-hydrogen) atoms. The molecule has 2 aromatic heterocycles. The molecule has 0 amide bonds. The number of nitrogens with zero attached hydrogens (tertiary/aromatic N) is 3. The number of fused-ring (bicyclic) bond motifs is 1. The molecular weight excluding hydrogens is 381 g/mol. The van der Waals surface area contributed by atoms with Gasteiger partial charge in [-0.25, -0.2) is 0 Å². The minimum atomic E-state index is -4.14. The van der Waals surface area contributed by atoms with E-state index in [1.165, 1.54) is 0 Å². The lowest BCUT2D eigenvalue weighted by Crippen LogP contribution is -2.41. The van der Waals surface area contributed by atoms with E-state index in [9.17, 15) is 18.0 Å². The summed E-state index contributed by atoms with van der Waals surface area (Å²) in [6.07, 6.45) is 1.45. The smallest absolute Gasteiger partial charge is 0.298 e. The molecule has 1 fully saturated rings. The molecule has 5 nitrogen and oxygen atoms in total. The molecule has 3 aromatic rings. The fraction of sp³-hybridized carbons (Fsp3) is 0.381. The van der Waals surface area contributed by atoms with Crippen molar-refractivity contribution in [3.05, 3.63) is 48.5 Å². The minimum Gasteiger partial charge on any atom is -0.298 e. The van der Waals surface area contributed by atoms with Gasteiger partial charge in [0.1, 0.15) is 0 Å². The third-order valence-electron chi connectivity index (χ3n) is 5.44. The van der Waals surface area contributed by atoms with Gasteiger partial charge in [0.15, 0.2) is 5.78 Å². The predicted molar refractivity (Wildman–Crippen MR) is 103 cm³/mol. The van der Waals surface area contributed by atoms with Crippen molar-refractivity contribution >= 4 is 16.6 Å². The molecular formula is C21H21F3N4O. The number of alkyl halides is 3. The number of carbonyl (C=O) groups is 1. The summed E-state index contributed by atoms with van der Waals surface area (Å²) in [7, 11) is 0. The van der Waals surface area contributed by atoms with Gasteiger partial charge in [-0.2, -0.15) is 18.3 Å². The van der Waals surface area contributed by atoms with E-state index in [0.29, 0.717) is 18.8 Å². The van der Waals surface area contributed by atoms with Crippen LogP contribution in [0.5, 0.6) is 0 Å². The molecule has 0 spiro atoms. The molecule has 0 unspecified atom stereocenters. The number of pyridine rings is 1. The van der Waals surface area contributed by atoms with E-state index < -0.39 is 12.1 Å². The fourth-order valence-corrected chi connectivity index (χ4v) is 3.80. The van der Waals surface area contributed by atoms with Gasteiger partial charge in [-0.05, 0) is 49.0 Å². The SMILES string of the molecule is O=C(Cc1cc2cc(-c3cn[nH]c3)ccc2cn1)CN1CCC(C(F)(F)F)CC1. The molecule has 152 valence electrons. The lowest BCUT2D eigenvalue weighted by molar-refractivity contribution is -0.185. The summed E-state index contributed by atoms with van der Waals surface area (Å²) < 4.78 is 38.3. The molecule has 1 aliphatic rings. The second-order valence-corrected chi connectivity index (χ2v) is 7.53. The number of rotatable bonds is 5. The Balaban J connectivity index is 1.39. The van der Waals surface area contributed by atoms with Gasteiger partial charge in [0.05, 0.1) is 25.1 Å². The molecule has 0 aliphatic carbocycles. The Morgan fingerprint density at radius 2 is 1.90 bits per heavy atom. The zero-order chi connectivity index (χ0) is 20.4. The van der Waals surface area contributed by atoms with E-state index in [4.69, 9.17) is 0 Å². The van der Waals surface area contributed by atoms with Crippen LogP contribution in [0.2, 0.25) is 0 Å². The van der Waals surface area contributed by atoms with Gasteiger partial charge in [-0.1, -0.05) is 12.1 Å². The molecule has 1 aliphatic heterocycles. The second kappa shape index (κ2) is 7.94. The highest BCUT2D eigenvalue weighted by atomic mass is 19.4. The summed E-state index contributed by atoms with van der Waals surface area (Å²) in [5.41, 5.74) is 2.66. The third-order valence-corrected chi connectivity index (χ3v) is 5.44. The standard InChI is InChI=1S/C21H21F3N4O/c22-21(23,24)18-3-5-28(6-4-18)13-20(29)9-19-8-16-7-14(17-11-26-27-12-17)1-2-15(16)10-25-19/h1-2,7-8,10-12,18H,3-6,9,13H2,(H,26,27). The van der Waals surface area contributed by atoms with Gasteiger partial charge in [0.2, 0.25) is 0 Å². The number of H-pyrrole nitrogens is 1. The third kappa shape index (κ3) is 4.64. The number of carbonyl (C=O) groups excluding carboxylic acids is 1. The number of piperidine rings is 1. The lowest BCUT2D eigenvalue weighted by atomic mass is 9.96. The van der Waals surface area contributed by atoms with Crippen LogP contribution in [-0.2, 0) is 11.2 Å². The summed E-state index contributed by atoms with van der Waals surface area (Å²) in [6.45, 7) is 0.767. The van der Waals surface area contributed by atoms with Crippen LogP contribution in [-0.4, -0.2) is 51.7 Å². The summed E-state index contributed by atoms with van der Waals surface area (Å²) in [5, 5.41) is 8.70. The highest BCUT2D eigenvalue weighted by Crippen LogP contribution is 2.34. The van der Waals surface area contributed by atoms with Crippen molar-refractivity contribution in [1.29, 1.82) is 0 Å². The number of halogens is 3. The largest absolute Gasteiger partial charge is 0.391 e. The average Bonchev–Trinajstić information content (AvgIpc) is 3.22. The molecule has 4 rings (SSSR count). The van der Waals surface area contributed by atoms with E-state index in [0.717, 1.165) is 21.9 Å². The molecule has 1 N–H and O–H groups in total. The van der Waals surface area contributed by atoms with Crippen molar-refractivity contribution in [2.45, 2.75) is 25.4 Å². The molecule has 0 bridgehead atoms. The average molecular weight is 402 g/mol. The first-order chi connectivity index (χ1) is 13.9. The van der Waals surface area contributed by atoms with Crippen molar-refractivity contribution in [3.63, 3.8) is 0 Å². The maximum absolute atomic E-state index is 12.8. The first kappa shape index (κ1) is 19.6. The molecule has 0 radical (unpaired) electrons. The van der Waals surface area contributed by atoms with E-state index in [1.54, 1.807) is 12.4 Å². The topological polar surface area (TPSA) is 61.9 Å². The Kier molecular flexibility index (Phi) is 5.36. The molecule has 1 aromatic carbocycles. The van der Waals surface area contributed by atoms with E-state index in [1.807, 2.05) is 35.4 Å². The van der Waals surface area contributed by atoms with Crippen LogP contribution in [0.1, 0.15) is 18.5 Å². The molecule has 3 heterocycles. The van der Waals surface area contributed by atoms with Crippen molar-refractivity contribution in [3.8, 4) is 11.1 Å². The fourth-order valence-electron chi connectivity index (χ4n) is 3.80. The number of hydrogen-bond donors (Lipinski definition) is 1. The minimum absolute atomic E-state index is 0.0340. The number of aromatic nitrogens is 3. The number of nitrogens with one attached hydrogen (secondary N) is 1. The van der Waals surface area contributed by atoms with E-state index >= 15 is 0 Å². The predicted octanol–water partition coefficient (Wildman–Crippen LogP) is 4.01. The first-order valence-electron chi connectivity index (χ1n) is 9.57. The Morgan fingerprint density at radius 3 is 2.59 bits per heavy atom. The maximum Gasteiger partial charge on any atom is 0.391 e.